The third-order valence-corrected chi connectivity index (χ3v) is 6.07. The fourth-order valence-electron chi connectivity index (χ4n) is 4.45. The molecule has 1 heterocycles. The van der Waals surface area contributed by atoms with Crippen LogP contribution in [0.1, 0.15) is 28.2 Å². The summed E-state index contributed by atoms with van der Waals surface area (Å²) in [6, 6.07) is 24.8. The van der Waals surface area contributed by atoms with E-state index in [-0.39, 0.29) is 12.0 Å². The predicted molar refractivity (Wildman–Crippen MR) is 119 cm³/mol. The molecule has 0 spiro atoms. The molecule has 1 aliphatic carbocycles. The maximum Gasteiger partial charge on any atom is 0.137 e. The highest BCUT2D eigenvalue weighted by Crippen LogP contribution is 2.46. The standard InChI is InChI=1S/C27H24O3/c1-28-22-12-8-20(9-13-22)27(21-10-14-23(29-2)15-11-21)18-17-25-24-6-4-3-5-19(24)7-16-26(25)30-27/h3-18,25-26H,1-2H3. The van der Waals surface area contributed by atoms with Gasteiger partial charge in [-0.05, 0) is 52.6 Å². The quantitative estimate of drug-likeness (QED) is 0.529. The summed E-state index contributed by atoms with van der Waals surface area (Å²) in [5, 5.41) is 0. The van der Waals surface area contributed by atoms with Gasteiger partial charge in [-0.25, -0.2) is 0 Å². The molecule has 3 nitrogen and oxygen atoms in total. The van der Waals surface area contributed by atoms with E-state index in [9.17, 15) is 0 Å². The summed E-state index contributed by atoms with van der Waals surface area (Å²) in [4.78, 5) is 0. The van der Waals surface area contributed by atoms with Crippen molar-refractivity contribution in [2.75, 3.05) is 14.2 Å². The maximum absolute atomic E-state index is 6.90. The summed E-state index contributed by atoms with van der Waals surface area (Å²) in [5.41, 5.74) is 4.01. The molecule has 0 N–H and O–H groups in total. The number of fused-ring (bicyclic) bond motifs is 3. The Balaban J connectivity index is 1.63. The van der Waals surface area contributed by atoms with E-state index in [4.69, 9.17) is 14.2 Å². The Bertz CT molecular complexity index is 1050. The molecule has 0 saturated heterocycles. The van der Waals surface area contributed by atoms with E-state index in [1.807, 2.05) is 24.3 Å². The summed E-state index contributed by atoms with van der Waals surface area (Å²) >= 11 is 0. The van der Waals surface area contributed by atoms with Crippen LogP contribution in [0.5, 0.6) is 11.5 Å². The van der Waals surface area contributed by atoms with Crippen molar-refractivity contribution in [1.29, 1.82) is 0 Å². The Morgan fingerprint density at radius 1 is 0.733 bits per heavy atom. The van der Waals surface area contributed by atoms with Crippen LogP contribution in [0.3, 0.4) is 0 Å². The first-order chi connectivity index (χ1) is 14.7. The molecule has 2 aliphatic rings. The van der Waals surface area contributed by atoms with Crippen LogP contribution >= 0.6 is 0 Å². The van der Waals surface area contributed by atoms with Crippen molar-refractivity contribution in [3.63, 3.8) is 0 Å². The van der Waals surface area contributed by atoms with Gasteiger partial charge < -0.3 is 14.2 Å². The minimum absolute atomic E-state index is 0.0471. The molecule has 5 rings (SSSR count). The highest BCUT2D eigenvalue weighted by atomic mass is 16.5. The van der Waals surface area contributed by atoms with Gasteiger partial charge in [0, 0.05) is 5.92 Å². The summed E-state index contributed by atoms with van der Waals surface area (Å²) in [6.07, 6.45) is 8.80. The lowest BCUT2D eigenvalue weighted by Crippen LogP contribution is -2.39. The Labute approximate surface area is 177 Å². The number of benzene rings is 3. The van der Waals surface area contributed by atoms with E-state index in [1.54, 1.807) is 14.2 Å². The van der Waals surface area contributed by atoms with Crippen LogP contribution in [0, 0.1) is 0 Å². The van der Waals surface area contributed by atoms with E-state index in [2.05, 4.69) is 72.8 Å². The highest BCUT2D eigenvalue weighted by Gasteiger charge is 2.41. The van der Waals surface area contributed by atoms with Crippen molar-refractivity contribution in [2.24, 2.45) is 0 Å². The van der Waals surface area contributed by atoms with Gasteiger partial charge in [-0.1, -0.05) is 66.8 Å². The molecule has 2 unspecified atom stereocenters. The molecule has 2 atom stereocenters. The normalized spacial score (nSPS) is 20.9. The lowest BCUT2D eigenvalue weighted by atomic mass is 9.77. The van der Waals surface area contributed by atoms with Crippen LogP contribution in [-0.4, -0.2) is 20.3 Å². The van der Waals surface area contributed by atoms with Crippen LogP contribution in [-0.2, 0) is 10.3 Å². The van der Waals surface area contributed by atoms with Crippen LogP contribution in [0.4, 0.5) is 0 Å². The Kier molecular flexibility index (Phi) is 4.68. The van der Waals surface area contributed by atoms with Crippen molar-refractivity contribution in [3.05, 3.63) is 113 Å². The Morgan fingerprint density at radius 3 is 1.93 bits per heavy atom. The van der Waals surface area contributed by atoms with E-state index < -0.39 is 5.60 Å². The average molecular weight is 396 g/mol. The molecular formula is C27H24O3. The van der Waals surface area contributed by atoms with Crippen molar-refractivity contribution >= 4 is 6.08 Å². The molecule has 3 aromatic carbocycles. The second-order valence-corrected chi connectivity index (χ2v) is 7.65. The Morgan fingerprint density at radius 2 is 1.33 bits per heavy atom. The number of hydrogen-bond acceptors (Lipinski definition) is 3. The van der Waals surface area contributed by atoms with E-state index in [0.29, 0.717) is 0 Å². The molecule has 30 heavy (non-hydrogen) atoms. The smallest absolute Gasteiger partial charge is 0.137 e. The lowest BCUT2D eigenvalue weighted by Gasteiger charge is -2.42. The zero-order chi connectivity index (χ0) is 20.6. The second-order valence-electron chi connectivity index (χ2n) is 7.65. The van der Waals surface area contributed by atoms with Gasteiger partial charge in [0.2, 0.25) is 0 Å². The molecule has 1 aliphatic heterocycles. The van der Waals surface area contributed by atoms with Gasteiger partial charge >= 0.3 is 0 Å². The van der Waals surface area contributed by atoms with Crippen LogP contribution in [0.25, 0.3) is 6.08 Å². The predicted octanol–water partition coefficient (Wildman–Crippen LogP) is 5.71. The van der Waals surface area contributed by atoms with Crippen molar-refractivity contribution in [1.82, 2.24) is 0 Å². The zero-order valence-corrected chi connectivity index (χ0v) is 17.1. The summed E-state index contributed by atoms with van der Waals surface area (Å²) in [6.45, 7) is 0. The highest BCUT2D eigenvalue weighted by molar-refractivity contribution is 5.61. The first kappa shape index (κ1) is 18.7. The van der Waals surface area contributed by atoms with Gasteiger partial charge in [-0.15, -0.1) is 0 Å². The molecule has 0 aromatic heterocycles. The molecule has 0 bridgehead atoms. The monoisotopic (exact) mass is 396 g/mol. The van der Waals surface area contributed by atoms with E-state index in [0.717, 1.165) is 22.6 Å². The second kappa shape index (κ2) is 7.51. The number of ether oxygens (including phenoxy) is 3. The molecule has 0 radical (unpaired) electrons. The molecule has 150 valence electrons. The lowest BCUT2D eigenvalue weighted by molar-refractivity contribution is -0.0352. The average Bonchev–Trinajstić information content (AvgIpc) is 2.83. The van der Waals surface area contributed by atoms with Gasteiger partial charge in [-0.2, -0.15) is 0 Å². The first-order valence-corrected chi connectivity index (χ1v) is 10.2. The minimum atomic E-state index is -0.684. The number of methoxy groups -OCH3 is 2. The molecule has 3 heteroatoms. The fraction of sp³-hybridized carbons (Fsp3) is 0.185. The fourth-order valence-corrected chi connectivity index (χ4v) is 4.45. The van der Waals surface area contributed by atoms with Gasteiger partial charge in [0.15, 0.2) is 0 Å². The van der Waals surface area contributed by atoms with Gasteiger partial charge in [-0.3, -0.25) is 0 Å². The van der Waals surface area contributed by atoms with Crippen molar-refractivity contribution in [2.45, 2.75) is 17.6 Å². The SMILES string of the molecule is COc1ccc(C2(c3ccc(OC)cc3)C=CC3c4ccccc4C=CC3O2)cc1. The van der Waals surface area contributed by atoms with E-state index >= 15 is 0 Å². The van der Waals surface area contributed by atoms with Gasteiger partial charge in [0.1, 0.15) is 17.1 Å². The van der Waals surface area contributed by atoms with Gasteiger partial charge in [0.05, 0.1) is 20.3 Å². The maximum atomic E-state index is 6.90. The minimum Gasteiger partial charge on any atom is -0.497 e. The van der Waals surface area contributed by atoms with E-state index in [1.165, 1.54) is 11.1 Å². The molecule has 0 saturated carbocycles. The summed E-state index contributed by atoms with van der Waals surface area (Å²) < 4.78 is 17.6. The molecule has 0 amide bonds. The third kappa shape index (κ3) is 3.03. The zero-order valence-electron chi connectivity index (χ0n) is 17.1. The van der Waals surface area contributed by atoms with Crippen LogP contribution in [0.2, 0.25) is 0 Å². The number of rotatable bonds is 4. The summed E-state index contributed by atoms with van der Waals surface area (Å²) in [5.74, 6) is 1.86. The van der Waals surface area contributed by atoms with Crippen molar-refractivity contribution in [3.8, 4) is 11.5 Å². The summed E-state index contributed by atoms with van der Waals surface area (Å²) in [7, 11) is 3.36. The van der Waals surface area contributed by atoms with Crippen LogP contribution < -0.4 is 9.47 Å². The molecule has 0 fully saturated rings. The Hall–Kier alpha value is -3.30. The van der Waals surface area contributed by atoms with Gasteiger partial charge in [0.25, 0.3) is 0 Å². The largest absolute Gasteiger partial charge is 0.497 e. The topological polar surface area (TPSA) is 27.7 Å². The molecular weight excluding hydrogens is 372 g/mol. The number of hydrogen-bond donors (Lipinski definition) is 0. The molecule has 3 aromatic rings. The van der Waals surface area contributed by atoms with Crippen molar-refractivity contribution < 1.29 is 14.2 Å². The van der Waals surface area contributed by atoms with Crippen LogP contribution in [0.15, 0.2) is 91.0 Å². The third-order valence-electron chi connectivity index (χ3n) is 6.07. The first-order valence-electron chi connectivity index (χ1n) is 10.2.